The van der Waals surface area contributed by atoms with E-state index in [-0.39, 0.29) is 39.2 Å². The minimum Gasteiger partial charge on any atom is -0.507 e. The van der Waals surface area contributed by atoms with E-state index in [9.17, 15) is 19.8 Å². The Labute approximate surface area is 190 Å². The quantitative estimate of drug-likeness (QED) is 0.384. The molecule has 0 spiro atoms. The highest BCUT2D eigenvalue weighted by Crippen LogP contribution is 2.41. The van der Waals surface area contributed by atoms with Crippen molar-refractivity contribution in [2.24, 2.45) is 0 Å². The normalized spacial score (nSPS) is 18.1. The molecule has 0 bridgehead atoms. The van der Waals surface area contributed by atoms with Gasteiger partial charge in [0.15, 0.2) is 0 Å². The van der Waals surface area contributed by atoms with Crippen LogP contribution in [0.2, 0.25) is 10.0 Å². The molecule has 0 aromatic heterocycles. The van der Waals surface area contributed by atoms with Gasteiger partial charge in [0.25, 0.3) is 11.7 Å². The summed E-state index contributed by atoms with van der Waals surface area (Å²) >= 11 is 12.3. The maximum absolute atomic E-state index is 13.0. The van der Waals surface area contributed by atoms with Gasteiger partial charge in [0.1, 0.15) is 17.3 Å². The summed E-state index contributed by atoms with van der Waals surface area (Å²) in [7, 11) is 5.16. The summed E-state index contributed by atoms with van der Waals surface area (Å²) in [5.41, 5.74) is 0.681. The number of methoxy groups -OCH3 is 1. The molecule has 0 radical (unpaired) electrons. The van der Waals surface area contributed by atoms with Gasteiger partial charge in [-0.2, -0.15) is 0 Å². The Morgan fingerprint density at radius 3 is 2.42 bits per heavy atom. The van der Waals surface area contributed by atoms with E-state index in [0.717, 1.165) is 0 Å². The summed E-state index contributed by atoms with van der Waals surface area (Å²) < 4.78 is 5.13. The van der Waals surface area contributed by atoms with Gasteiger partial charge in [-0.25, -0.2) is 0 Å². The number of rotatable bonds is 6. The third-order valence-electron chi connectivity index (χ3n) is 5.04. The maximum Gasteiger partial charge on any atom is 0.295 e. The zero-order valence-electron chi connectivity index (χ0n) is 17.2. The Kier molecular flexibility index (Phi) is 6.79. The largest absolute Gasteiger partial charge is 0.507 e. The Balaban J connectivity index is 2.18. The number of likely N-dealkylation sites (tertiary alicyclic amines) is 1. The number of hydrogen-bond donors (Lipinski definition) is 2. The van der Waals surface area contributed by atoms with Gasteiger partial charge in [-0.1, -0.05) is 29.3 Å². The van der Waals surface area contributed by atoms with Gasteiger partial charge in [-0.15, -0.1) is 0 Å². The van der Waals surface area contributed by atoms with Crippen LogP contribution in [0.1, 0.15) is 17.2 Å². The predicted octanol–water partition coefficient (Wildman–Crippen LogP) is 3.69. The van der Waals surface area contributed by atoms with Gasteiger partial charge < -0.3 is 24.7 Å². The van der Waals surface area contributed by atoms with E-state index in [0.29, 0.717) is 17.9 Å². The van der Waals surface area contributed by atoms with Gasteiger partial charge >= 0.3 is 0 Å². The van der Waals surface area contributed by atoms with Crippen molar-refractivity contribution in [3.63, 3.8) is 0 Å². The molecule has 1 fully saturated rings. The predicted molar refractivity (Wildman–Crippen MR) is 119 cm³/mol. The van der Waals surface area contributed by atoms with Crippen LogP contribution in [0, 0.1) is 0 Å². The first kappa shape index (κ1) is 22.9. The summed E-state index contributed by atoms with van der Waals surface area (Å²) in [5, 5.41) is 21.1. The van der Waals surface area contributed by atoms with Crippen molar-refractivity contribution in [3.8, 4) is 11.5 Å². The van der Waals surface area contributed by atoms with Gasteiger partial charge in [0.05, 0.1) is 28.8 Å². The Bertz CT molecular complexity index is 1070. The number of ketones is 1. The molecule has 9 heteroatoms. The van der Waals surface area contributed by atoms with E-state index in [4.69, 9.17) is 27.9 Å². The highest BCUT2D eigenvalue weighted by molar-refractivity contribution is 6.46. The highest BCUT2D eigenvalue weighted by atomic mass is 35.5. The molecule has 1 heterocycles. The topological polar surface area (TPSA) is 90.3 Å². The summed E-state index contributed by atoms with van der Waals surface area (Å²) in [4.78, 5) is 29.1. The number of benzene rings is 2. The van der Waals surface area contributed by atoms with Crippen LogP contribution < -0.4 is 4.74 Å². The molecule has 7 nitrogen and oxygen atoms in total. The molecule has 1 aliphatic heterocycles. The number of ether oxygens (including phenoxy) is 1. The molecule has 0 aliphatic carbocycles. The Hall–Kier alpha value is -2.74. The molecular weight excluding hydrogens is 443 g/mol. The van der Waals surface area contributed by atoms with Crippen molar-refractivity contribution < 1.29 is 24.5 Å². The molecule has 31 heavy (non-hydrogen) atoms. The standard InChI is InChI=1S/C22H22Cl2N2O5/c1-25(2)8-9-26-19(12-4-6-16(27)14(23)10-12)18(21(29)22(26)30)20(28)13-5-7-17(31-3)15(24)11-13/h4-7,10-11,19,27-28H,8-9H2,1-3H3/b20-18-. The van der Waals surface area contributed by atoms with Crippen LogP contribution in [0.25, 0.3) is 5.76 Å². The molecule has 2 aromatic carbocycles. The lowest BCUT2D eigenvalue weighted by molar-refractivity contribution is -0.140. The smallest absolute Gasteiger partial charge is 0.295 e. The number of aliphatic hydroxyl groups is 1. The number of nitrogens with zero attached hydrogens (tertiary/aromatic N) is 2. The van der Waals surface area contributed by atoms with Crippen LogP contribution in [0.5, 0.6) is 11.5 Å². The van der Waals surface area contributed by atoms with Crippen LogP contribution >= 0.6 is 23.2 Å². The van der Waals surface area contributed by atoms with Crippen LogP contribution in [-0.2, 0) is 9.59 Å². The number of phenolic OH excluding ortho intramolecular Hbond substituents is 1. The molecule has 1 unspecified atom stereocenters. The number of carbonyl (C=O) groups excluding carboxylic acids is 2. The molecule has 0 saturated carbocycles. The van der Waals surface area contributed by atoms with Crippen molar-refractivity contribution in [3.05, 3.63) is 63.1 Å². The minimum atomic E-state index is -0.876. The SMILES string of the molecule is COc1ccc(/C(O)=C2/C(=O)C(=O)N(CCN(C)C)C2c2ccc(O)c(Cl)c2)cc1Cl. The van der Waals surface area contributed by atoms with Gasteiger partial charge in [-0.3, -0.25) is 9.59 Å². The number of aliphatic hydroxyl groups excluding tert-OH is 1. The monoisotopic (exact) mass is 464 g/mol. The summed E-state index contributed by atoms with van der Waals surface area (Å²) in [5.74, 6) is -1.61. The number of aromatic hydroxyl groups is 1. The fourth-order valence-corrected chi connectivity index (χ4v) is 3.87. The fraction of sp³-hybridized carbons (Fsp3) is 0.273. The van der Waals surface area contributed by atoms with Crippen LogP contribution in [0.15, 0.2) is 42.0 Å². The Morgan fingerprint density at radius 1 is 1.13 bits per heavy atom. The molecule has 1 aliphatic rings. The summed E-state index contributed by atoms with van der Waals surface area (Å²) in [6.07, 6.45) is 0. The lowest BCUT2D eigenvalue weighted by Gasteiger charge is -2.26. The minimum absolute atomic E-state index is 0.0724. The van der Waals surface area contributed by atoms with E-state index >= 15 is 0 Å². The van der Waals surface area contributed by atoms with E-state index in [1.54, 1.807) is 18.2 Å². The molecule has 1 atom stereocenters. The van der Waals surface area contributed by atoms with Crippen molar-refractivity contribution >= 4 is 40.7 Å². The van der Waals surface area contributed by atoms with Crippen LogP contribution in [-0.4, -0.2) is 66.0 Å². The number of likely N-dealkylation sites (N-methyl/N-ethyl adjacent to an activating group) is 1. The fourth-order valence-electron chi connectivity index (χ4n) is 3.43. The summed E-state index contributed by atoms with van der Waals surface area (Å²) in [6.45, 7) is 0.755. The maximum atomic E-state index is 13.0. The van der Waals surface area contributed by atoms with E-state index in [1.165, 1.54) is 30.2 Å². The average molecular weight is 465 g/mol. The third kappa shape index (κ3) is 4.49. The average Bonchev–Trinajstić information content (AvgIpc) is 2.98. The van der Waals surface area contributed by atoms with Crippen LogP contribution in [0.3, 0.4) is 0 Å². The van der Waals surface area contributed by atoms with Gasteiger partial charge in [0.2, 0.25) is 0 Å². The number of phenols is 1. The van der Waals surface area contributed by atoms with E-state index in [2.05, 4.69) is 0 Å². The van der Waals surface area contributed by atoms with Gasteiger partial charge in [-0.05, 0) is 50.0 Å². The first-order chi connectivity index (χ1) is 14.6. The zero-order chi connectivity index (χ0) is 22.9. The second-order valence-electron chi connectivity index (χ2n) is 7.36. The van der Waals surface area contributed by atoms with E-state index in [1.807, 2.05) is 19.0 Å². The van der Waals surface area contributed by atoms with Crippen molar-refractivity contribution in [2.45, 2.75) is 6.04 Å². The lowest BCUT2D eigenvalue weighted by atomic mass is 9.95. The zero-order valence-corrected chi connectivity index (χ0v) is 18.7. The first-order valence-corrected chi connectivity index (χ1v) is 10.2. The second-order valence-corrected chi connectivity index (χ2v) is 8.17. The third-order valence-corrected chi connectivity index (χ3v) is 5.64. The molecular formula is C22H22Cl2N2O5. The first-order valence-electron chi connectivity index (χ1n) is 9.41. The van der Waals surface area contributed by atoms with Crippen molar-refractivity contribution in [1.29, 1.82) is 0 Å². The molecule has 1 amide bonds. The summed E-state index contributed by atoms with van der Waals surface area (Å²) in [6, 6.07) is 8.12. The molecule has 1 saturated heterocycles. The van der Waals surface area contributed by atoms with E-state index < -0.39 is 17.7 Å². The number of halogens is 2. The van der Waals surface area contributed by atoms with Crippen molar-refractivity contribution in [2.75, 3.05) is 34.3 Å². The molecule has 3 rings (SSSR count). The highest BCUT2D eigenvalue weighted by Gasteiger charge is 2.46. The second kappa shape index (κ2) is 9.18. The number of amides is 1. The number of hydrogen-bond acceptors (Lipinski definition) is 6. The van der Waals surface area contributed by atoms with Crippen molar-refractivity contribution in [1.82, 2.24) is 9.80 Å². The van der Waals surface area contributed by atoms with Gasteiger partial charge in [0, 0.05) is 18.7 Å². The number of carbonyl (C=O) groups is 2. The Morgan fingerprint density at radius 2 is 1.84 bits per heavy atom. The molecule has 2 aromatic rings. The lowest BCUT2D eigenvalue weighted by Crippen LogP contribution is -2.35. The number of Topliss-reactive ketones (excluding diaryl/α,β-unsaturated/α-hetero) is 1. The molecule has 164 valence electrons. The molecule has 2 N–H and O–H groups in total. The van der Waals surface area contributed by atoms with Crippen LogP contribution in [0.4, 0.5) is 0 Å².